The van der Waals surface area contributed by atoms with Gasteiger partial charge in [-0.2, -0.15) is 0 Å². The van der Waals surface area contributed by atoms with Crippen LogP contribution in [0.2, 0.25) is 0 Å². The minimum atomic E-state index is -0.118. The molecule has 21 heavy (non-hydrogen) atoms. The number of hydrogen-bond donors (Lipinski definition) is 1. The largest absolute Gasteiger partial charge is 0.293 e. The maximum Gasteiger partial charge on any atom is 0.272 e. The zero-order valence-corrected chi connectivity index (χ0v) is 13.3. The molecule has 0 fully saturated rings. The summed E-state index contributed by atoms with van der Waals surface area (Å²) in [4.78, 5) is 20.4. The lowest BCUT2D eigenvalue weighted by atomic mass is 10.5. The second-order valence-corrected chi connectivity index (χ2v) is 6.16. The van der Waals surface area contributed by atoms with Gasteiger partial charge < -0.3 is 0 Å². The lowest BCUT2D eigenvalue weighted by Gasteiger charge is -2.01. The van der Waals surface area contributed by atoms with E-state index in [4.69, 9.17) is 0 Å². The minimum Gasteiger partial charge on any atom is -0.293 e. The molecule has 0 bridgehead atoms. The molecule has 3 heterocycles. The second kappa shape index (κ2) is 6.28. The first kappa shape index (κ1) is 14.1. The van der Waals surface area contributed by atoms with Gasteiger partial charge in [0.25, 0.3) is 5.56 Å². The van der Waals surface area contributed by atoms with Gasteiger partial charge in [-0.1, -0.05) is 6.07 Å². The van der Waals surface area contributed by atoms with E-state index in [9.17, 15) is 4.79 Å². The van der Waals surface area contributed by atoms with Crippen molar-refractivity contribution in [1.82, 2.24) is 19.7 Å². The van der Waals surface area contributed by atoms with Crippen LogP contribution in [0.15, 0.2) is 63.1 Å². The molecule has 0 aliphatic carbocycles. The molecule has 0 saturated heterocycles. The van der Waals surface area contributed by atoms with E-state index in [2.05, 4.69) is 31.0 Å². The summed E-state index contributed by atoms with van der Waals surface area (Å²) in [5.41, 5.74) is 0.716. The number of pyridine rings is 2. The van der Waals surface area contributed by atoms with Crippen LogP contribution < -0.4 is 5.56 Å². The molecular weight excluding hydrogens is 352 g/mol. The normalized spacial score (nSPS) is 10.7. The minimum absolute atomic E-state index is 0.118. The first-order chi connectivity index (χ1) is 10.2. The van der Waals surface area contributed by atoms with Gasteiger partial charge in [-0.25, -0.2) is 14.6 Å². The molecule has 3 aromatic heterocycles. The number of thioether (sulfide) groups is 1. The quantitative estimate of drug-likeness (QED) is 0.724. The monoisotopic (exact) mass is 362 g/mol. The molecule has 0 aliphatic rings. The molecule has 1 N–H and O–H groups in total. The Kier molecular flexibility index (Phi) is 4.21. The van der Waals surface area contributed by atoms with Crippen LogP contribution in [0, 0.1) is 0 Å². The predicted octanol–water partition coefficient (Wildman–Crippen LogP) is 3.01. The van der Waals surface area contributed by atoms with Gasteiger partial charge in [-0.15, -0.1) is 11.8 Å². The molecule has 5 nitrogen and oxygen atoms in total. The highest BCUT2D eigenvalue weighted by Gasteiger charge is 2.06. The number of H-pyrrole nitrogens is 1. The van der Waals surface area contributed by atoms with Gasteiger partial charge in [0, 0.05) is 34.4 Å². The molecule has 0 atom stereocenters. The lowest BCUT2D eigenvalue weighted by Crippen LogP contribution is -2.14. The van der Waals surface area contributed by atoms with E-state index in [1.165, 1.54) is 4.68 Å². The maximum atomic E-state index is 12.0. The fraction of sp³-hybridized carbons (Fsp3) is 0.0714. The molecular formula is C14H11BrN4OS. The van der Waals surface area contributed by atoms with Crippen LogP contribution in [0.1, 0.15) is 5.69 Å². The molecule has 0 unspecified atom stereocenters. The Bertz CT molecular complexity index is 783. The zero-order chi connectivity index (χ0) is 14.7. The van der Waals surface area contributed by atoms with E-state index < -0.39 is 0 Å². The fourth-order valence-corrected chi connectivity index (χ4v) is 2.75. The highest BCUT2D eigenvalue weighted by Crippen LogP contribution is 2.20. The summed E-state index contributed by atoms with van der Waals surface area (Å²) in [6, 6.07) is 10.9. The predicted molar refractivity (Wildman–Crippen MR) is 85.7 cm³/mol. The third-order valence-corrected chi connectivity index (χ3v) is 4.19. The Balaban J connectivity index is 1.76. The van der Waals surface area contributed by atoms with E-state index in [-0.39, 0.29) is 5.56 Å². The number of halogens is 1. The van der Waals surface area contributed by atoms with Crippen molar-refractivity contribution in [3.63, 3.8) is 0 Å². The molecule has 3 aromatic rings. The van der Waals surface area contributed by atoms with Gasteiger partial charge >= 0.3 is 0 Å². The van der Waals surface area contributed by atoms with Gasteiger partial charge in [0.05, 0.1) is 5.03 Å². The average Bonchev–Trinajstić information content (AvgIpc) is 2.89. The summed E-state index contributed by atoms with van der Waals surface area (Å²) in [5.74, 6) is 1.23. The first-order valence-electron chi connectivity index (χ1n) is 6.19. The second-order valence-electron chi connectivity index (χ2n) is 4.25. The van der Waals surface area contributed by atoms with E-state index in [1.54, 1.807) is 36.3 Å². The van der Waals surface area contributed by atoms with E-state index in [0.717, 1.165) is 15.2 Å². The number of rotatable bonds is 4. The summed E-state index contributed by atoms with van der Waals surface area (Å²) >= 11 is 4.91. The summed E-state index contributed by atoms with van der Waals surface area (Å²) in [7, 11) is 0. The van der Waals surface area contributed by atoms with Crippen molar-refractivity contribution >= 4 is 27.7 Å². The van der Waals surface area contributed by atoms with Crippen molar-refractivity contribution in [3.8, 4) is 5.82 Å². The molecule has 0 saturated carbocycles. The van der Waals surface area contributed by atoms with Gasteiger partial charge in [-0.3, -0.25) is 9.89 Å². The van der Waals surface area contributed by atoms with Gasteiger partial charge in [0.1, 0.15) is 0 Å². The van der Waals surface area contributed by atoms with Gasteiger partial charge in [0.15, 0.2) is 5.82 Å². The standard InChI is InChI=1S/C14H11BrN4OS/c15-10-4-5-13(17-8-10)21-9-11-7-14(20)19(18-11)12-3-1-2-6-16-12/h1-8,18H,9H2. The Morgan fingerprint density at radius 1 is 1.24 bits per heavy atom. The molecule has 0 spiro atoms. The number of nitrogens with zero attached hydrogens (tertiary/aromatic N) is 3. The number of nitrogens with one attached hydrogen (secondary N) is 1. The highest BCUT2D eigenvalue weighted by molar-refractivity contribution is 9.10. The molecule has 0 aliphatic heterocycles. The van der Waals surface area contributed by atoms with E-state index >= 15 is 0 Å². The molecule has 0 amide bonds. The van der Waals surface area contributed by atoms with E-state index in [0.29, 0.717) is 11.6 Å². The summed E-state index contributed by atoms with van der Waals surface area (Å²) in [6.07, 6.45) is 3.41. The van der Waals surface area contributed by atoms with Gasteiger partial charge in [0.2, 0.25) is 0 Å². The highest BCUT2D eigenvalue weighted by atomic mass is 79.9. The van der Waals surface area contributed by atoms with Crippen LogP contribution >= 0.6 is 27.7 Å². The van der Waals surface area contributed by atoms with Crippen molar-refractivity contribution in [2.24, 2.45) is 0 Å². The van der Waals surface area contributed by atoms with Gasteiger partial charge in [-0.05, 0) is 40.2 Å². The van der Waals surface area contributed by atoms with Crippen LogP contribution in [0.5, 0.6) is 0 Å². The SMILES string of the molecule is O=c1cc(CSc2ccc(Br)cn2)[nH]n1-c1ccccn1. The van der Waals surface area contributed by atoms with Crippen LogP contribution in [0.4, 0.5) is 0 Å². The number of aromatic nitrogens is 4. The molecule has 0 aromatic carbocycles. The lowest BCUT2D eigenvalue weighted by molar-refractivity contribution is 0.805. The Morgan fingerprint density at radius 3 is 2.86 bits per heavy atom. The average molecular weight is 363 g/mol. The van der Waals surface area contributed by atoms with Crippen molar-refractivity contribution in [2.75, 3.05) is 0 Å². The topological polar surface area (TPSA) is 63.6 Å². The summed E-state index contributed by atoms with van der Waals surface area (Å²) in [5, 5.41) is 3.97. The van der Waals surface area contributed by atoms with Crippen LogP contribution in [0.25, 0.3) is 5.82 Å². The third-order valence-electron chi connectivity index (χ3n) is 2.73. The van der Waals surface area contributed by atoms with Crippen molar-refractivity contribution < 1.29 is 0 Å². The summed E-state index contributed by atoms with van der Waals surface area (Å²) < 4.78 is 2.38. The van der Waals surface area contributed by atoms with Crippen LogP contribution in [-0.2, 0) is 5.75 Å². The summed E-state index contributed by atoms with van der Waals surface area (Å²) in [6.45, 7) is 0. The fourth-order valence-electron chi connectivity index (χ4n) is 1.77. The molecule has 3 rings (SSSR count). The first-order valence-corrected chi connectivity index (χ1v) is 7.97. The van der Waals surface area contributed by atoms with Crippen molar-refractivity contribution in [1.29, 1.82) is 0 Å². The van der Waals surface area contributed by atoms with E-state index in [1.807, 2.05) is 24.3 Å². The zero-order valence-electron chi connectivity index (χ0n) is 10.9. The smallest absolute Gasteiger partial charge is 0.272 e. The van der Waals surface area contributed by atoms with Crippen LogP contribution in [0.3, 0.4) is 0 Å². The Morgan fingerprint density at radius 2 is 2.14 bits per heavy atom. The van der Waals surface area contributed by atoms with Crippen LogP contribution in [-0.4, -0.2) is 19.7 Å². The maximum absolute atomic E-state index is 12.0. The molecule has 7 heteroatoms. The molecule has 106 valence electrons. The Hall–Kier alpha value is -1.86. The number of hydrogen-bond acceptors (Lipinski definition) is 4. The van der Waals surface area contributed by atoms with Crippen molar-refractivity contribution in [2.45, 2.75) is 10.8 Å². The molecule has 0 radical (unpaired) electrons. The number of aromatic amines is 1. The van der Waals surface area contributed by atoms with Crippen molar-refractivity contribution in [3.05, 3.63) is 69.3 Å². The Labute approximate surface area is 133 Å². The third kappa shape index (κ3) is 3.43.